The van der Waals surface area contributed by atoms with E-state index < -0.39 is 17.9 Å². The summed E-state index contributed by atoms with van der Waals surface area (Å²) in [6, 6.07) is 2.30. The number of carboxylic acids is 1. The van der Waals surface area contributed by atoms with Crippen molar-refractivity contribution in [3.05, 3.63) is 48.0 Å². The molecule has 0 fully saturated rings. The second-order valence-electron chi connectivity index (χ2n) is 5.25. The van der Waals surface area contributed by atoms with Gasteiger partial charge in [-0.15, -0.1) is 0 Å². The number of rotatable bonds is 5. The first-order valence-electron chi connectivity index (χ1n) is 6.86. The van der Waals surface area contributed by atoms with Crippen LogP contribution in [0.5, 0.6) is 0 Å². The Morgan fingerprint density at radius 3 is 2.55 bits per heavy atom. The van der Waals surface area contributed by atoms with Gasteiger partial charge in [0.2, 0.25) is 0 Å². The zero-order chi connectivity index (χ0) is 16.3. The molecular weight excluding hydrogens is 284 g/mol. The smallest absolute Gasteiger partial charge is 0.331 e. The van der Waals surface area contributed by atoms with Gasteiger partial charge in [-0.3, -0.25) is 14.5 Å². The summed E-state index contributed by atoms with van der Waals surface area (Å²) in [5.41, 5.74) is 0.799. The molecule has 22 heavy (non-hydrogen) atoms. The average Bonchev–Trinajstić information content (AvgIpc) is 2.97. The number of pyridine rings is 1. The number of aromatic nitrogens is 3. The van der Waals surface area contributed by atoms with E-state index in [0.29, 0.717) is 11.1 Å². The molecule has 7 nitrogen and oxygen atoms in total. The summed E-state index contributed by atoms with van der Waals surface area (Å²) in [4.78, 5) is 29.1. The average molecular weight is 302 g/mol. The van der Waals surface area contributed by atoms with E-state index >= 15 is 0 Å². The van der Waals surface area contributed by atoms with Gasteiger partial charge in [0.15, 0.2) is 6.04 Å². The van der Waals surface area contributed by atoms with E-state index in [4.69, 9.17) is 0 Å². The fourth-order valence-electron chi connectivity index (χ4n) is 2.12. The van der Waals surface area contributed by atoms with Crippen LogP contribution in [0.3, 0.4) is 0 Å². The van der Waals surface area contributed by atoms with Crippen molar-refractivity contribution in [2.75, 3.05) is 7.05 Å². The number of carbonyl (C=O) groups is 2. The second-order valence-corrected chi connectivity index (χ2v) is 5.25. The molecule has 0 aliphatic rings. The normalized spacial score (nSPS) is 12.2. The molecule has 0 radical (unpaired) electrons. The van der Waals surface area contributed by atoms with Crippen LogP contribution in [0.15, 0.2) is 36.9 Å². The number of aliphatic carboxylic acids is 1. The van der Waals surface area contributed by atoms with Crippen molar-refractivity contribution < 1.29 is 14.7 Å². The Morgan fingerprint density at radius 1 is 1.32 bits per heavy atom. The SMILES string of the molecule is CC(C)n1cc(C(=O)N(C)[C@@H](C(=O)O)c2cccnc2)cn1. The first kappa shape index (κ1) is 15.7. The van der Waals surface area contributed by atoms with Crippen LogP contribution < -0.4 is 0 Å². The van der Waals surface area contributed by atoms with Crippen molar-refractivity contribution >= 4 is 11.9 Å². The Morgan fingerprint density at radius 2 is 2.05 bits per heavy atom. The lowest BCUT2D eigenvalue weighted by molar-refractivity contribution is -0.142. The van der Waals surface area contributed by atoms with E-state index in [1.165, 1.54) is 24.3 Å². The Kier molecular flexibility index (Phi) is 4.55. The van der Waals surface area contributed by atoms with Crippen molar-refractivity contribution in [3.8, 4) is 0 Å². The number of likely N-dealkylation sites (N-methyl/N-ethyl adjacent to an activating group) is 1. The monoisotopic (exact) mass is 302 g/mol. The predicted molar refractivity (Wildman–Crippen MR) is 79.3 cm³/mol. The minimum absolute atomic E-state index is 0.125. The number of nitrogens with zero attached hydrogens (tertiary/aromatic N) is 4. The minimum Gasteiger partial charge on any atom is -0.479 e. The number of carbonyl (C=O) groups excluding carboxylic acids is 1. The highest BCUT2D eigenvalue weighted by atomic mass is 16.4. The molecule has 0 saturated heterocycles. The lowest BCUT2D eigenvalue weighted by Crippen LogP contribution is -2.35. The third kappa shape index (κ3) is 3.13. The zero-order valence-corrected chi connectivity index (χ0v) is 12.7. The number of amides is 1. The van der Waals surface area contributed by atoms with Gasteiger partial charge >= 0.3 is 5.97 Å². The van der Waals surface area contributed by atoms with E-state index in [9.17, 15) is 14.7 Å². The molecule has 116 valence electrons. The molecular formula is C15H18N4O3. The van der Waals surface area contributed by atoms with Crippen LogP contribution in [0.4, 0.5) is 0 Å². The highest BCUT2D eigenvalue weighted by Gasteiger charge is 2.29. The molecule has 1 atom stereocenters. The van der Waals surface area contributed by atoms with Gasteiger partial charge in [0.25, 0.3) is 5.91 Å². The molecule has 7 heteroatoms. The van der Waals surface area contributed by atoms with Crippen molar-refractivity contribution in [3.63, 3.8) is 0 Å². The Bertz CT molecular complexity index is 666. The van der Waals surface area contributed by atoms with Crippen molar-refractivity contribution in [1.29, 1.82) is 0 Å². The maximum absolute atomic E-state index is 12.5. The molecule has 0 aliphatic carbocycles. The molecule has 0 aliphatic heterocycles. The van der Waals surface area contributed by atoms with Crippen LogP contribution in [-0.4, -0.2) is 43.7 Å². The zero-order valence-electron chi connectivity index (χ0n) is 12.7. The molecule has 2 aromatic heterocycles. The van der Waals surface area contributed by atoms with Crippen LogP contribution in [-0.2, 0) is 4.79 Å². The van der Waals surface area contributed by atoms with Crippen molar-refractivity contribution in [2.45, 2.75) is 25.9 Å². The first-order chi connectivity index (χ1) is 10.4. The molecule has 1 N–H and O–H groups in total. The van der Waals surface area contributed by atoms with Gasteiger partial charge in [-0.05, 0) is 19.9 Å². The van der Waals surface area contributed by atoms with E-state index in [0.717, 1.165) is 0 Å². The summed E-state index contributed by atoms with van der Waals surface area (Å²) in [7, 11) is 1.46. The topological polar surface area (TPSA) is 88.3 Å². The van der Waals surface area contributed by atoms with Gasteiger partial charge < -0.3 is 10.0 Å². The van der Waals surface area contributed by atoms with Crippen molar-refractivity contribution in [1.82, 2.24) is 19.7 Å². The molecule has 0 spiro atoms. The van der Waals surface area contributed by atoms with E-state index in [1.807, 2.05) is 13.8 Å². The van der Waals surface area contributed by atoms with Crippen molar-refractivity contribution in [2.24, 2.45) is 0 Å². The fraction of sp³-hybridized carbons (Fsp3) is 0.333. The summed E-state index contributed by atoms with van der Waals surface area (Å²) in [5.74, 6) is -1.51. The molecule has 2 heterocycles. The summed E-state index contributed by atoms with van der Waals surface area (Å²) in [6.07, 6.45) is 6.06. The Balaban J connectivity index is 2.28. The minimum atomic E-state index is -1.11. The summed E-state index contributed by atoms with van der Waals surface area (Å²) in [6.45, 7) is 3.89. The highest BCUT2D eigenvalue weighted by Crippen LogP contribution is 2.21. The predicted octanol–water partition coefficient (Wildman–Crippen LogP) is 1.76. The van der Waals surface area contributed by atoms with Gasteiger partial charge in [0, 0.05) is 37.2 Å². The third-order valence-electron chi connectivity index (χ3n) is 3.32. The van der Waals surface area contributed by atoms with Gasteiger partial charge in [-0.1, -0.05) is 6.07 Å². The summed E-state index contributed by atoms with van der Waals surface area (Å²) < 4.78 is 1.65. The maximum Gasteiger partial charge on any atom is 0.331 e. The fourth-order valence-corrected chi connectivity index (χ4v) is 2.12. The van der Waals surface area contributed by atoms with Gasteiger partial charge in [0.05, 0.1) is 11.8 Å². The Hall–Kier alpha value is -2.70. The molecule has 0 aromatic carbocycles. The molecule has 0 bridgehead atoms. The van der Waals surface area contributed by atoms with Crippen LogP contribution >= 0.6 is 0 Å². The van der Waals surface area contributed by atoms with E-state index in [1.54, 1.807) is 29.2 Å². The maximum atomic E-state index is 12.5. The number of carboxylic acid groups (broad SMARTS) is 1. The van der Waals surface area contributed by atoms with Gasteiger partial charge in [0.1, 0.15) is 0 Å². The Labute approximate surface area is 128 Å². The van der Waals surface area contributed by atoms with Crippen LogP contribution in [0.1, 0.15) is 41.9 Å². The quantitative estimate of drug-likeness (QED) is 0.909. The van der Waals surface area contributed by atoms with Crippen LogP contribution in [0.2, 0.25) is 0 Å². The molecule has 2 rings (SSSR count). The molecule has 2 aromatic rings. The molecule has 0 unspecified atom stereocenters. The van der Waals surface area contributed by atoms with Crippen LogP contribution in [0.25, 0.3) is 0 Å². The largest absolute Gasteiger partial charge is 0.479 e. The lowest BCUT2D eigenvalue weighted by Gasteiger charge is -2.24. The summed E-state index contributed by atoms with van der Waals surface area (Å²) in [5, 5.41) is 13.5. The van der Waals surface area contributed by atoms with Gasteiger partial charge in [-0.2, -0.15) is 5.10 Å². The number of hydrogen-bond donors (Lipinski definition) is 1. The summed E-state index contributed by atoms with van der Waals surface area (Å²) >= 11 is 0. The molecule has 0 saturated carbocycles. The second kappa shape index (κ2) is 6.38. The van der Waals surface area contributed by atoms with E-state index in [2.05, 4.69) is 10.1 Å². The third-order valence-corrected chi connectivity index (χ3v) is 3.32. The van der Waals surface area contributed by atoms with Crippen LogP contribution in [0, 0.1) is 0 Å². The number of hydrogen-bond acceptors (Lipinski definition) is 4. The van der Waals surface area contributed by atoms with E-state index in [-0.39, 0.29) is 6.04 Å². The lowest BCUT2D eigenvalue weighted by atomic mass is 10.1. The van der Waals surface area contributed by atoms with Gasteiger partial charge in [-0.25, -0.2) is 4.79 Å². The molecule has 1 amide bonds. The standard InChI is InChI=1S/C15H18N4O3/c1-10(2)19-9-12(8-17-19)14(20)18(3)13(15(21)22)11-5-4-6-16-7-11/h4-10,13H,1-3H3,(H,21,22)/t13-/m1/s1. The highest BCUT2D eigenvalue weighted by molar-refractivity contribution is 5.96. The first-order valence-corrected chi connectivity index (χ1v) is 6.86.